The maximum absolute atomic E-state index is 10.4. The van der Waals surface area contributed by atoms with Crippen LogP contribution in [0.15, 0.2) is 24.3 Å². The van der Waals surface area contributed by atoms with E-state index in [-0.39, 0.29) is 12.6 Å². The summed E-state index contributed by atoms with van der Waals surface area (Å²) in [4.78, 5) is 0. The van der Waals surface area contributed by atoms with Crippen molar-refractivity contribution in [1.82, 2.24) is 5.32 Å². The van der Waals surface area contributed by atoms with E-state index in [2.05, 4.69) is 12.2 Å². The van der Waals surface area contributed by atoms with Gasteiger partial charge in [-0.25, -0.2) is 0 Å². The predicted octanol–water partition coefficient (Wildman–Crippen LogP) is 1.37. The lowest BCUT2D eigenvalue weighted by Crippen LogP contribution is -2.45. The topological polar surface area (TPSA) is 61.7 Å². The molecule has 2 rings (SSSR count). The highest BCUT2D eigenvalue weighted by Gasteiger charge is 2.29. The summed E-state index contributed by atoms with van der Waals surface area (Å²) in [5.74, 6) is 0. The Bertz CT molecular complexity index is 402. The number of rotatable bonds is 5. The van der Waals surface area contributed by atoms with E-state index in [1.165, 1.54) is 0 Å². The molecule has 1 aromatic rings. The summed E-state index contributed by atoms with van der Waals surface area (Å²) in [7, 11) is 0. The van der Waals surface area contributed by atoms with Gasteiger partial charge < -0.3 is 20.3 Å². The van der Waals surface area contributed by atoms with Crippen LogP contribution in [0.2, 0.25) is 0 Å². The first kappa shape index (κ1) is 14.5. The van der Waals surface area contributed by atoms with Crippen LogP contribution in [0.5, 0.6) is 0 Å². The normalized spacial score (nSPS) is 20.2. The average molecular weight is 265 g/mol. The van der Waals surface area contributed by atoms with E-state index in [4.69, 9.17) is 9.84 Å². The molecule has 0 bridgehead atoms. The Kier molecular flexibility index (Phi) is 4.93. The van der Waals surface area contributed by atoms with Crippen LogP contribution in [0.25, 0.3) is 0 Å². The molecule has 0 saturated carbocycles. The molecule has 4 nitrogen and oxygen atoms in total. The maximum Gasteiger partial charge on any atom is 0.0815 e. The third-order valence-electron chi connectivity index (χ3n) is 3.79. The van der Waals surface area contributed by atoms with Crippen LogP contribution in [-0.4, -0.2) is 35.6 Å². The molecule has 0 amide bonds. The monoisotopic (exact) mass is 265 g/mol. The Balaban J connectivity index is 1.91. The Hall–Kier alpha value is -0.940. The van der Waals surface area contributed by atoms with Crippen molar-refractivity contribution in [2.45, 2.75) is 38.0 Å². The van der Waals surface area contributed by atoms with Gasteiger partial charge in [-0.1, -0.05) is 24.3 Å². The molecule has 0 aromatic heterocycles. The minimum absolute atomic E-state index is 0.0574. The number of aliphatic hydroxyl groups is 2. The van der Waals surface area contributed by atoms with Crippen molar-refractivity contribution in [3.05, 3.63) is 35.4 Å². The Morgan fingerprint density at radius 2 is 2.11 bits per heavy atom. The van der Waals surface area contributed by atoms with Gasteiger partial charge in [-0.05, 0) is 18.1 Å². The number of ether oxygens (including phenoxy) is 1. The van der Waals surface area contributed by atoms with Gasteiger partial charge in [0.25, 0.3) is 0 Å². The minimum Gasteiger partial charge on any atom is -0.392 e. The lowest BCUT2D eigenvalue weighted by Gasteiger charge is -2.33. The molecular formula is C15H23NO3. The van der Waals surface area contributed by atoms with Gasteiger partial charge in [0.2, 0.25) is 0 Å². The van der Waals surface area contributed by atoms with Gasteiger partial charge in [-0.3, -0.25) is 0 Å². The smallest absolute Gasteiger partial charge is 0.0815 e. The summed E-state index contributed by atoms with van der Waals surface area (Å²) in [6.07, 6.45) is 1.37. The van der Waals surface area contributed by atoms with E-state index >= 15 is 0 Å². The molecule has 1 heterocycles. The molecule has 0 spiro atoms. The van der Waals surface area contributed by atoms with Crippen LogP contribution in [0, 0.1) is 0 Å². The van der Waals surface area contributed by atoms with Crippen molar-refractivity contribution in [3.63, 3.8) is 0 Å². The van der Waals surface area contributed by atoms with Crippen LogP contribution < -0.4 is 5.32 Å². The van der Waals surface area contributed by atoms with Crippen LogP contribution >= 0.6 is 0 Å². The van der Waals surface area contributed by atoms with Crippen molar-refractivity contribution in [2.24, 2.45) is 0 Å². The molecule has 1 saturated heterocycles. The molecule has 1 aromatic carbocycles. The fraction of sp³-hybridized carbons (Fsp3) is 0.600. The molecule has 19 heavy (non-hydrogen) atoms. The summed E-state index contributed by atoms with van der Waals surface area (Å²) in [5.41, 5.74) is 1.39. The molecule has 4 heteroatoms. The van der Waals surface area contributed by atoms with Gasteiger partial charge in [0.05, 0.1) is 12.2 Å². The van der Waals surface area contributed by atoms with Crippen LogP contribution in [0.4, 0.5) is 0 Å². The maximum atomic E-state index is 10.4. The van der Waals surface area contributed by atoms with Crippen molar-refractivity contribution in [3.8, 4) is 0 Å². The number of aliphatic hydroxyl groups excluding tert-OH is 1. The molecule has 1 aliphatic heterocycles. The Morgan fingerprint density at radius 3 is 2.79 bits per heavy atom. The van der Waals surface area contributed by atoms with Gasteiger partial charge in [0.1, 0.15) is 0 Å². The second-order valence-corrected chi connectivity index (χ2v) is 5.34. The van der Waals surface area contributed by atoms with Crippen molar-refractivity contribution in [2.75, 3.05) is 19.8 Å². The van der Waals surface area contributed by atoms with Crippen LogP contribution in [0.1, 0.15) is 36.9 Å². The van der Waals surface area contributed by atoms with Gasteiger partial charge >= 0.3 is 0 Å². The lowest BCUT2D eigenvalue weighted by molar-refractivity contribution is -0.0626. The highest BCUT2D eigenvalue weighted by Crippen LogP contribution is 2.21. The third-order valence-corrected chi connectivity index (χ3v) is 3.79. The average Bonchev–Trinajstić information content (AvgIpc) is 2.46. The van der Waals surface area contributed by atoms with Crippen LogP contribution in [-0.2, 0) is 11.3 Å². The molecule has 1 aliphatic rings. The Labute approximate surface area is 114 Å². The molecule has 1 fully saturated rings. The summed E-state index contributed by atoms with van der Waals surface area (Å²) in [5, 5.41) is 22.9. The lowest BCUT2D eigenvalue weighted by atomic mass is 9.93. The van der Waals surface area contributed by atoms with E-state index < -0.39 is 5.60 Å². The quantitative estimate of drug-likeness (QED) is 0.752. The third kappa shape index (κ3) is 4.01. The first-order valence-corrected chi connectivity index (χ1v) is 6.86. The van der Waals surface area contributed by atoms with Crippen molar-refractivity contribution < 1.29 is 14.9 Å². The van der Waals surface area contributed by atoms with Crippen LogP contribution in [0.3, 0.4) is 0 Å². The summed E-state index contributed by atoms with van der Waals surface area (Å²) in [6, 6.07) is 8.03. The fourth-order valence-corrected chi connectivity index (χ4v) is 2.35. The largest absolute Gasteiger partial charge is 0.392 e. The summed E-state index contributed by atoms with van der Waals surface area (Å²) in [6.45, 7) is 3.96. The molecule has 106 valence electrons. The molecule has 0 aliphatic carbocycles. The highest BCUT2D eigenvalue weighted by molar-refractivity contribution is 5.25. The van der Waals surface area contributed by atoms with Crippen molar-refractivity contribution >= 4 is 0 Å². The zero-order valence-electron chi connectivity index (χ0n) is 11.4. The van der Waals surface area contributed by atoms with E-state index in [0.717, 1.165) is 11.1 Å². The predicted molar refractivity (Wildman–Crippen MR) is 73.8 cm³/mol. The van der Waals surface area contributed by atoms with E-state index in [1.807, 2.05) is 24.3 Å². The number of nitrogens with one attached hydrogen (secondary N) is 1. The fourth-order valence-electron chi connectivity index (χ4n) is 2.35. The van der Waals surface area contributed by atoms with Gasteiger partial charge in [-0.15, -0.1) is 0 Å². The first-order valence-electron chi connectivity index (χ1n) is 6.86. The molecule has 3 N–H and O–H groups in total. The van der Waals surface area contributed by atoms with Gasteiger partial charge in [0.15, 0.2) is 0 Å². The standard InChI is InChI=1S/C15H23NO3/c1-12(14-4-2-3-13(9-14)10-17)16-11-15(18)5-7-19-8-6-15/h2-4,9,12,16-18H,5-8,10-11H2,1H3. The van der Waals surface area contributed by atoms with Gasteiger partial charge in [0, 0.05) is 38.6 Å². The van der Waals surface area contributed by atoms with E-state index in [0.29, 0.717) is 32.6 Å². The number of hydrogen-bond acceptors (Lipinski definition) is 4. The van der Waals surface area contributed by atoms with E-state index in [9.17, 15) is 5.11 Å². The Morgan fingerprint density at radius 1 is 1.37 bits per heavy atom. The minimum atomic E-state index is -0.652. The second kappa shape index (κ2) is 6.48. The molecule has 1 atom stereocenters. The highest BCUT2D eigenvalue weighted by atomic mass is 16.5. The molecular weight excluding hydrogens is 242 g/mol. The second-order valence-electron chi connectivity index (χ2n) is 5.34. The summed E-state index contributed by atoms with van der Waals surface area (Å²) < 4.78 is 5.27. The zero-order chi connectivity index (χ0) is 13.7. The summed E-state index contributed by atoms with van der Waals surface area (Å²) >= 11 is 0. The number of hydrogen-bond donors (Lipinski definition) is 3. The van der Waals surface area contributed by atoms with Gasteiger partial charge in [-0.2, -0.15) is 0 Å². The van der Waals surface area contributed by atoms with Crippen molar-refractivity contribution in [1.29, 1.82) is 0 Å². The molecule has 1 unspecified atom stereocenters. The van der Waals surface area contributed by atoms with E-state index in [1.54, 1.807) is 0 Å². The molecule has 0 radical (unpaired) electrons. The SMILES string of the molecule is CC(NCC1(O)CCOCC1)c1cccc(CO)c1. The first-order chi connectivity index (χ1) is 9.13. The zero-order valence-corrected chi connectivity index (χ0v) is 11.4. The number of benzene rings is 1.